The number of sulfonamides is 1. The molecule has 21 heavy (non-hydrogen) atoms. The van der Waals surface area contributed by atoms with Crippen LogP contribution in [0.1, 0.15) is 38.4 Å². The summed E-state index contributed by atoms with van der Waals surface area (Å²) in [6.07, 6.45) is 2.76. The van der Waals surface area contributed by atoms with Gasteiger partial charge in [0, 0.05) is 13.1 Å². The van der Waals surface area contributed by atoms with E-state index in [0.29, 0.717) is 12.0 Å². The standard InChI is InChI=1S/C15H25NO3S2/c1-5-15(17)13-7-6-8-14(11-13)21(18,19)16(3)12(2)9-10-20-4/h6-8,11-12,15,17H,5,9-10H2,1-4H3. The summed E-state index contributed by atoms with van der Waals surface area (Å²) in [4.78, 5) is 0.242. The highest BCUT2D eigenvalue weighted by Crippen LogP contribution is 2.23. The molecular formula is C15H25NO3S2. The van der Waals surface area contributed by atoms with E-state index in [0.717, 1.165) is 12.2 Å². The number of benzene rings is 1. The lowest BCUT2D eigenvalue weighted by Gasteiger charge is -2.24. The smallest absolute Gasteiger partial charge is 0.243 e. The van der Waals surface area contributed by atoms with Gasteiger partial charge in [0.1, 0.15) is 0 Å². The largest absolute Gasteiger partial charge is 0.388 e. The number of aliphatic hydroxyl groups excluding tert-OH is 1. The van der Waals surface area contributed by atoms with Crippen LogP contribution in [0.4, 0.5) is 0 Å². The average Bonchev–Trinajstić information content (AvgIpc) is 2.50. The Bertz CT molecular complexity index is 546. The monoisotopic (exact) mass is 331 g/mol. The minimum absolute atomic E-state index is 0.0535. The third-order valence-electron chi connectivity index (χ3n) is 3.67. The molecule has 120 valence electrons. The van der Waals surface area contributed by atoms with Gasteiger partial charge in [0.25, 0.3) is 0 Å². The number of rotatable bonds is 8. The van der Waals surface area contributed by atoms with Gasteiger partial charge in [-0.1, -0.05) is 19.1 Å². The van der Waals surface area contributed by atoms with Crippen LogP contribution in [0.2, 0.25) is 0 Å². The summed E-state index contributed by atoms with van der Waals surface area (Å²) in [5.41, 5.74) is 0.642. The fourth-order valence-electron chi connectivity index (χ4n) is 1.99. The first-order chi connectivity index (χ1) is 9.84. The Morgan fingerprint density at radius 1 is 1.38 bits per heavy atom. The first kappa shape index (κ1) is 18.5. The highest BCUT2D eigenvalue weighted by molar-refractivity contribution is 7.98. The van der Waals surface area contributed by atoms with Crippen LogP contribution in [0, 0.1) is 0 Å². The molecule has 0 radical (unpaired) electrons. The average molecular weight is 332 g/mol. The van der Waals surface area contributed by atoms with Crippen molar-refractivity contribution in [2.24, 2.45) is 0 Å². The van der Waals surface area contributed by atoms with Crippen LogP contribution < -0.4 is 0 Å². The minimum atomic E-state index is -3.52. The summed E-state index contributed by atoms with van der Waals surface area (Å²) in [5.74, 6) is 0.926. The Morgan fingerprint density at radius 3 is 2.62 bits per heavy atom. The van der Waals surface area contributed by atoms with E-state index in [2.05, 4.69) is 0 Å². The molecule has 2 unspecified atom stereocenters. The van der Waals surface area contributed by atoms with Crippen molar-refractivity contribution in [3.63, 3.8) is 0 Å². The van der Waals surface area contributed by atoms with E-state index < -0.39 is 16.1 Å². The minimum Gasteiger partial charge on any atom is -0.388 e. The topological polar surface area (TPSA) is 57.6 Å². The summed E-state index contributed by atoms with van der Waals surface area (Å²) >= 11 is 1.71. The second-order valence-corrected chi connectivity index (χ2v) is 8.13. The SMILES string of the molecule is CCC(O)c1cccc(S(=O)(=O)N(C)C(C)CCSC)c1. The van der Waals surface area contributed by atoms with E-state index in [4.69, 9.17) is 0 Å². The lowest BCUT2D eigenvalue weighted by atomic mass is 10.1. The molecule has 6 heteroatoms. The van der Waals surface area contributed by atoms with Gasteiger partial charge in [-0.3, -0.25) is 0 Å². The summed E-state index contributed by atoms with van der Waals surface area (Å²) in [5, 5.41) is 9.87. The highest BCUT2D eigenvalue weighted by Gasteiger charge is 2.25. The van der Waals surface area contributed by atoms with E-state index in [1.807, 2.05) is 20.1 Å². The van der Waals surface area contributed by atoms with Crippen molar-refractivity contribution in [1.82, 2.24) is 4.31 Å². The normalized spacial score (nSPS) is 15.1. The van der Waals surface area contributed by atoms with E-state index in [1.54, 1.807) is 43.1 Å². The van der Waals surface area contributed by atoms with Crippen molar-refractivity contribution >= 4 is 21.8 Å². The molecule has 0 spiro atoms. The van der Waals surface area contributed by atoms with E-state index in [-0.39, 0.29) is 10.9 Å². The van der Waals surface area contributed by atoms with Crippen molar-refractivity contribution in [3.05, 3.63) is 29.8 Å². The quantitative estimate of drug-likeness (QED) is 0.796. The molecule has 1 aromatic carbocycles. The van der Waals surface area contributed by atoms with Crippen molar-refractivity contribution in [3.8, 4) is 0 Å². The molecule has 1 rings (SSSR count). The maximum Gasteiger partial charge on any atom is 0.243 e. The van der Waals surface area contributed by atoms with Gasteiger partial charge in [-0.05, 0) is 49.5 Å². The second kappa shape index (κ2) is 8.17. The predicted octanol–water partition coefficient (Wildman–Crippen LogP) is 2.89. The van der Waals surface area contributed by atoms with Crippen molar-refractivity contribution in [2.75, 3.05) is 19.1 Å². The number of aliphatic hydroxyl groups is 1. The molecule has 1 aromatic rings. The molecule has 1 N–H and O–H groups in total. The van der Waals surface area contributed by atoms with Gasteiger partial charge < -0.3 is 5.11 Å². The predicted molar refractivity (Wildman–Crippen MR) is 89.1 cm³/mol. The van der Waals surface area contributed by atoms with E-state index in [9.17, 15) is 13.5 Å². The van der Waals surface area contributed by atoms with Crippen LogP contribution in [0.3, 0.4) is 0 Å². The van der Waals surface area contributed by atoms with Crippen molar-refractivity contribution < 1.29 is 13.5 Å². The van der Waals surface area contributed by atoms with Gasteiger partial charge in [-0.2, -0.15) is 16.1 Å². The first-order valence-corrected chi connectivity index (χ1v) is 9.93. The molecule has 0 aromatic heterocycles. The van der Waals surface area contributed by atoms with Crippen LogP contribution in [0.25, 0.3) is 0 Å². The van der Waals surface area contributed by atoms with E-state index in [1.165, 1.54) is 4.31 Å². The van der Waals surface area contributed by atoms with Gasteiger partial charge in [0.2, 0.25) is 10.0 Å². The molecule has 0 aliphatic heterocycles. The molecule has 0 saturated heterocycles. The number of nitrogens with zero attached hydrogens (tertiary/aromatic N) is 1. The maximum atomic E-state index is 12.6. The van der Waals surface area contributed by atoms with Gasteiger partial charge in [-0.25, -0.2) is 8.42 Å². The molecule has 0 heterocycles. The molecule has 0 aliphatic carbocycles. The Hall–Kier alpha value is -0.560. The number of thioether (sulfide) groups is 1. The zero-order valence-electron chi connectivity index (χ0n) is 13.1. The summed E-state index contributed by atoms with van der Waals surface area (Å²) in [6, 6.07) is 6.54. The zero-order valence-corrected chi connectivity index (χ0v) is 14.7. The van der Waals surface area contributed by atoms with Crippen molar-refractivity contribution in [2.45, 2.75) is 43.7 Å². The number of hydrogen-bond donors (Lipinski definition) is 1. The zero-order chi connectivity index (χ0) is 16.0. The summed E-state index contributed by atoms with van der Waals surface area (Å²) < 4.78 is 26.7. The van der Waals surface area contributed by atoms with Gasteiger partial charge in [-0.15, -0.1) is 0 Å². The molecule has 0 bridgehead atoms. The van der Waals surface area contributed by atoms with Crippen LogP contribution in [-0.2, 0) is 10.0 Å². The van der Waals surface area contributed by atoms with Crippen LogP contribution in [-0.4, -0.2) is 42.9 Å². The van der Waals surface area contributed by atoms with Crippen molar-refractivity contribution in [1.29, 1.82) is 0 Å². The second-order valence-electron chi connectivity index (χ2n) is 5.15. The summed E-state index contributed by atoms with van der Waals surface area (Å²) in [7, 11) is -1.91. The highest BCUT2D eigenvalue weighted by atomic mass is 32.2. The first-order valence-electron chi connectivity index (χ1n) is 7.09. The molecule has 4 nitrogen and oxygen atoms in total. The fraction of sp³-hybridized carbons (Fsp3) is 0.600. The van der Waals surface area contributed by atoms with E-state index >= 15 is 0 Å². The molecule has 0 amide bonds. The lowest BCUT2D eigenvalue weighted by Crippen LogP contribution is -2.35. The fourth-order valence-corrected chi connectivity index (χ4v) is 4.02. The third kappa shape index (κ3) is 4.71. The molecule has 2 atom stereocenters. The Morgan fingerprint density at radius 2 is 2.05 bits per heavy atom. The van der Waals surface area contributed by atoms with Crippen LogP contribution in [0.15, 0.2) is 29.2 Å². The third-order valence-corrected chi connectivity index (χ3v) is 6.28. The Kier molecular flexibility index (Phi) is 7.20. The van der Waals surface area contributed by atoms with Crippen LogP contribution >= 0.6 is 11.8 Å². The summed E-state index contributed by atoms with van der Waals surface area (Å²) in [6.45, 7) is 3.78. The Balaban J connectivity index is 3.02. The van der Waals surface area contributed by atoms with Gasteiger partial charge in [0.15, 0.2) is 0 Å². The molecule has 0 saturated carbocycles. The Labute approximate surface area is 132 Å². The lowest BCUT2D eigenvalue weighted by molar-refractivity contribution is 0.173. The van der Waals surface area contributed by atoms with Gasteiger partial charge >= 0.3 is 0 Å². The molecule has 0 aliphatic rings. The number of hydrogen-bond acceptors (Lipinski definition) is 4. The molecule has 0 fully saturated rings. The molecular weight excluding hydrogens is 306 g/mol. The van der Waals surface area contributed by atoms with Crippen LogP contribution in [0.5, 0.6) is 0 Å². The van der Waals surface area contributed by atoms with Gasteiger partial charge in [0.05, 0.1) is 11.0 Å². The maximum absolute atomic E-state index is 12.6.